The molecule has 6 aromatic rings. The van der Waals surface area contributed by atoms with Crippen molar-refractivity contribution in [2.24, 2.45) is 0 Å². The fourth-order valence-corrected chi connectivity index (χ4v) is 5.60. The zero-order chi connectivity index (χ0) is 29.2. The summed E-state index contributed by atoms with van der Waals surface area (Å²) in [5.41, 5.74) is 4.25. The van der Waals surface area contributed by atoms with Gasteiger partial charge in [-0.3, -0.25) is 14.9 Å². The van der Waals surface area contributed by atoms with E-state index in [4.69, 9.17) is 9.40 Å². The zero-order valence-electron chi connectivity index (χ0n) is 22.9. The Morgan fingerprint density at radius 1 is 1.05 bits per heavy atom. The minimum absolute atomic E-state index is 0.147. The number of hydrogen-bond acceptors (Lipinski definition) is 7. The predicted octanol–water partition coefficient (Wildman–Crippen LogP) is 6.32. The van der Waals surface area contributed by atoms with E-state index in [-0.39, 0.29) is 24.3 Å². The second kappa shape index (κ2) is 11.4. The molecule has 1 atom stereocenters. The summed E-state index contributed by atoms with van der Waals surface area (Å²) in [6, 6.07) is 25.8. The van der Waals surface area contributed by atoms with Gasteiger partial charge in [0.15, 0.2) is 12.2 Å². The van der Waals surface area contributed by atoms with E-state index in [0.717, 1.165) is 16.0 Å². The van der Waals surface area contributed by atoms with E-state index in [0.29, 0.717) is 32.9 Å². The number of carbonyl (C=O) groups is 2. The third kappa shape index (κ3) is 5.45. The smallest absolute Gasteiger partial charge is 0.268 e. The molecule has 6 rings (SSSR count). The average Bonchev–Trinajstić information content (AvgIpc) is 3.77. The molecule has 0 saturated carbocycles. The van der Waals surface area contributed by atoms with Crippen LogP contribution in [0.4, 0.5) is 11.6 Å². The van der Waals surface area contributed by atoms with E-state index in [1.807, 2.05) is 67.6 Å². The number of nitrogens with zero attached hydrogens (tertiary/aromatic N) is 4. The molecule has 0 bridgehead atoms. The number of nitrogens with one attached hydrogen (secondary N) is 1. The number of oxazole rings is 1. The highest BCUT2D eigenvalue weighted by Gasteiger charge is 2.21. The van der Waals surface area contributed by atoms with Crippen molar-refractivity contribution in [2.45, 2.75) is 19.6 Å². The van der Waals surface area contributed by atoms with Crippen LogP contribution in [-0.4, -0.2) is 38.5 Å². The van der Waals surface area contributed by atoms with Crippen LogP contribution in [0, 0.1) is 6.92 Å². The maximum absolute atomic E-state index is 13.3. The molecule has 42 heavy (non-hydrogen) atoms. The highest BCUT2D eigenvalue weighted by Crippen LogP contribution is 2.31. The van der Waals surface area contributed by atoms with Gasteiger partial charge in [0.1, 0.15) is 0 Å². The van der Waals surface area contributed by atoms with E-state index in [2.05, 4.69) is 10.3 Å². The van der Waals surface area contributed by atoms with E-state index < -0.39 is 6.10 Å². The number of thiophene rings is 1. The van der Waals surface area contributed by atoms with Crippen molar-refractivity contribution < 1.29 is 19.1 Å². The monoisotopic (exact) mass is 577 g/mol. The van der Waals surface area contributed by atoms with Gasteiger partial charge >= 0.3 is 0 Å². The number of aromatic nitrogens is 3. The lowest BCUT2D eigenvalue weighted by Gasteiger charge is -2.18. The quantitative estimate of drug-likeness (QED) is 0.219. The maximum atomic E-state index is 13.3. The molecule has 3 aromatic heterocycles. The number of benzene rings is 3. The standard InChI is InChI=1S/C32H27N5O4S/c1-20-7-6-10-22(15-20)31(40)36(2)23-11-12-25-24(16-23)34-32(37(25)18-26(38)21-8-4-3-5-9-21)35-30(39)29-14-13-28(42-29)27-17-33-19-41-27/h3-17,19,26,38H,18H2,1-2H3,(H,34,35,39)/t26-/m0/s1. The molecule has 2 N–H and O–H groups in total. The highest BCUT2D eigenvalue weighted by molar-refractivity contribution is 7.17. The lowest BCUT2D eigenvalue weighted by Crippen LogP contribution is -2.26. The van der Waals surface area contributed by atoms with Crippen LogP contribution < -0.4 is 10.2 Å². The largest absolute Gasteiger partial charge is 0.443 e. The average molecular weight is 578 g/mol. The molecule has 9 nitrogen and oxygen atoms in total. The van der Waals surface area contributed by atoms with Crippen molar-refractivity contribution >= 4 is 45.8 Å². The summed E-state index contributed by atoms with van der Waals surface area (Å²) in [7, 11) is 1.72. The number of hydrogen-bond donors (Lipinski definition) is 2. The number of imidazole rings is 1. The number of rotatable bonds is 8. The lowest BCUT2D eigenvalue weighted by molar-refractivity contribution is 0.0991. The summed E-state index contributed by atoms with van der Waals surface area (Å²) in [6.07, 6.45) is 2.09. The first-order chi connectivity index (χ1) is 20.4. The van der Waals surface area contributed by atoms with Crippen molar-refractivity contribution in [3.8, 4) is 10.6 Å². The maximum Gasteiger partial charge on any atom is 0.268 e. The summed E-state index contributed by atoms with van der Waals surface area (Å²) in [4.78, 5) is 38.0. The molecule has 0 radical (unpaired) electrons. The van der Waals surface area contributed by atoms with Crippen molar-refractivity contribution in [3.63, 3.8) is 0 Å². The first-order valence-electron chi connectivity index (χ1n) is 13.3. The Kier molecular flexibility index (Phi) is 7.39. The van der Waals surface area contributed by atoms with E-state index in [9.17, 15) is 14.7 Å². The Bertz CT molecular complexity index is 1880. The van der Waals surface area contributed by atoms with E-state index in [1.54, 1.807) is 47.0 Å². The molecule has 2 amide bonds. The van der Waals surface area contributed by atoms with Gasteiger partial charge in [-0.15, -0.1) is 11.3 Å². The van der Waals surface area contributed by atoms with E-state index in [1.165, 1.54) is 17.7 Å². The summed E-state index contributed by atoms with van der Waals surface area (Å²) in [6.45, 7) is 2.10. The van der Waals surface area contributed by atoms with E-state index >= 15 is 0 Å². The number of aryl methyl sites for hydroxylation is 1. The van der Waals surface area contributed by atoms with Crippen LogP contribution in [0.5, 0.6) is 0 Å². The Labute approximate surface area is 245 Å². The molecule has 10 heteroatoms. The Balaban J connectivity index is 1.34. The topological polar surface area (TPSA) is 113 Å². The molecule has 0 fully saturated rings. The normalized spacial score (nSPS) is 11.9. The molecular formula is C32H27N5O4S. The molecule has 0 aliphatic heterocycles. The second-order valence-corrected chi connectivity index (χ2v) is 10.9. The van der Waals surface area contributed by atoms with Gasteiger partial charge in [0.2, 0.25) is 5.95 Å². The van der Waals surface area contributed by atoms with Gasteiger partial charge in [-0.2, -0.15) is 0 Å². The van der Waals surface area contributed by atoms with Crippen LogP contribution in [0.25, 0.3) is 21.7 Å². The van der Waals surface area contributed by atoms with Crippen LogP contribution in [0.2, 0.25) is 0 Å². The minimum Gasteiger partial charge on any atom is -0.443 e. The van der Waals surface area contributed by atoms with Gasteiger partial charge in [-0.05, 0) is 55.0 Å². The van der Waals surface area contributed by atoms with Gasteiger partial charge in [-0.1, -0.05) is 48.0 Å². The molecule has 210 valence electrons. The third-order valence-electron chi connectivity index (χ3n) is 6.96. The Morgan fingerprint density at radius 3 is 2.64 bits per heavy atom. The minimum atomic E-state index is -0.843. The zero-order valence-corrected chi connectivity index (χ0v) is 23.7. The molecule has 0 aliphatic rings. The van der Waals surface area contributed by atoms with Crippen LogP contribution in [-0.2, 0) is 6.54 Å². The molecule has 3 aromatic carbocycles. The number of anilines is 2. The van der Waals surface area contributed by atoms with Crippen LogP contribution in [0.1, 0.15) is 37.3 Å². The molecule has 0 unspecified atom stereocenters. The predicted molar refractivity (Wildman–Crippen MR) is 163 cm³/mol. The van der Waals surface area contributed by atoms with Gasteiger partial charge in [0.25, 0.3) is 11.8 Å². The van der Waals surface area contributed by atoms with Crippen LogP contribution in [0.3, 0.4) is 0 Å². The van der Waals surface area contributed by atoms with Gasteiger partial charge < -0.3 is 19.0 Å². The number of aliphatic hydroxyl groups excluding tert-OH is 1. The fourth-order valence-electron chi connectivity index (χ4n) is 4.74. The number of amides is 2. The van der Waals surface area contributed by atoms with Crippen molar-refractivity contribution in [1.29, 1.82) is 0 Å². The third-order valence-corrected chi connectivity index (χ3v) is 8.06. The molecule has 0 aliphatic carbocycles. The highest BCUT2D eigenvalue weighted by atomic mass is 32.1. The number of carbonyl (C=O) groups excluding carboxylic acids is 2. The molecule has 0 spiro atoms. The van der Waals surface area contributed by atoms with Gasteiger partial charge in [0.05, 0.1) is 39.6 Å². The van der Waals surface area contributed by atoms with Crippen molar-refractivity contribution in [2.75, 3.05) is 17.3 Å². The fraction of sp³-hybridized carbons (Fsp3) is 0.125. The number of fused-ring (bicyclic) bond motifs is 1. The Morgan fingerprint density at radius 2 is 1.88 bits per heavy atom. The van der Waals surface area contributed by atoms with Crippen molar-refractivity contribution in [1.82, 2.24) is 14.5 Å². The van der Waals surface area contributed by atoms with Crippen LogP contribution >= 0.6 is 11.3 Å². The second-order valence-electron chi connectivity index (χ2n) is 9.86. The van der Waals surface area contributed by atoms with Gasteiger partial charge in [-0.25, -0.2) is 9.97 Å². The Hall–Kier alpha value is -5.06. The molecule has 3 heterocycles. The summed E-state index contributed by atoms with van der Waals surface area (Å²) >= 11 is 1.27. The SMILES string of the molecule is Cc1cccc(C(=O)N(C)c2ccc3c(c2)nc(NC(=O)c2ccc(-c4cnco4)s2)n3C[C@H](O)c2ccccc2)c1. The summed E-state index contributed by atoms with van der Waals surface area (Å²) in [5.74, 6) is 0.368. The number of aliphatic hydroxyl groups is 1. The molecule has 0 saturated heterocycles. The first-order valence-corrected chi connectivity index (χ1v) is 14.1. The lowest BCUT2D eigenvalue weighted by atomic mass is 10.1. The van der Waals surface area contributed by atoms with Crippen LogP contribution in [0.15, 0.2) is 102 Å². The summed E-state index contributed by atoms with van der Waals surface area (Å²) in [5, 5.41) is 14.0. The molecular weight excluding hydrogens is 550 g/mol. The summed E-state index contributed by atoms with van der Waals surface area (Å²) < 4.78 is 7.13. The first kappa shape index (κ1) is 27.1. The van der Waals surface area contributed by atoms with Crippen molar-refractivity contribution in [3.05, 3.63) is 119 Å². The van der Waals surface area contributed by atoms with Gasteiger partial charge in [0, 0.05) is 18.3 Å².